The molecule has 0 bridgehead atoms. The van der Waals surface area contributed by atoms with Crippen LogP contribution < -0.4 is 11.5 Å². The molecule has 0 aliphatic heterocycles. The molecule has 1 aliphatic rings. The molecule has 1 saturated carbocycles. The molecule has 0 aromatic heterocycles. The van der Waals surface area contributed by atoms with Crippen LogP contribution in [0.2, 0.25) is 6.32 Å². The van der Waals surface area contributed by atoms with Crippen molar-refractivity contribution in [1.29, 1.82) is 0 Å². The van der Waals surface area contributed by atoms with Crippen LogP contribution >= 0.6 is 0 Å². The highest BCUT2D eigenvalue weighted by molar-refractivity contribution is 6.40. The number of nitrogens with two attached hydrogens (primary N) is 2. The number of hydrogen-bond donors (Lipinski definition) is 5. The Bertz CT molecular complexity index is 277. The van der Waals surface area contributed by atoms with Crippen LogP contribution in [-0.4, -0.2) is 40.3 Å². The molecular formula is C10H21BN2O4. The summed E-state index contributed by atoms with van der Waals surface area (Å²) < 4.78 is 0. The van der Waals surface area contributed by atoms with E-state index >= 15 is 0 Å². The van der Waals surface area contributed by atoms with Crippen LogP contribution in [0.3, 0.4) is 0 Å². The average molecular weight is 244 g/mol. The Morgan fingerprint density at radius 3 is 2.41 bits per heavy atom. The Morgan fingerprint density at radius 1 is 1.35 bits per heavy atom. The number of aliphatic carboxylic acids is 1. The highest BCUT2D eigenvalue weighted by Gasteiger charge is 2.42. The minimum Gasteiger partial charge on any atom is -0.480 e. The quantitative estimate of drug-likeness (QED) is 0.394. The van der Waals surface area contributed by atoms with Crippen LogP contribution in [0, 0.1) is 11.8 Å². The van der Waals surface area contributed by atoms with E-state index in [4.69, 9.17) is 26.6 Å². The van der Waals surface area contributed by atoms with Crippen LogP contribution in [0.15, 0.2) is 0 Å². The van der Waals surface area contributed by atoms with Gasteiger partial charge in [-0.1, -0.05) is 6.42 Å². The zero-order valence-corrected chi connectivity index (χ0v) is 9.88. The van der Waals surface area contributed by atoms with E-state index in [0.717, 1.165) is 6.42 Å². The van der Waals surface area contributed by atoms with Gasteiger partial charge < -0.3 is 26.6 Å². The lowest BCUT2D eigenvalue weighted by atomic mass is 9.67. The molecule has 0 saturated heterocycles. The van der Waals surface area contributed by atoms with Gasteiger partial charge in [0.2, 0.25) is 0 Å². The van der Waals surface area contributed by atoms with Crippen molar-refractivity contribution in [3.05, 3.63) is 0 Å². The standard InChI is InChI=1S/C10H21BN2O4/c12-6-8-3-7(1-2-11(16)17)4-10(13,5-8)9(14)15/h7-8,16-17H,1-6,12-13H2,(H,14,15)/t7?,8-,10?/m1/s1. The van der Waals surface area contributed by atoms with E-state index in [1.54, 1.807) is 0 Å². The van der Waals surface area contributed by atoms with Gasteiger partial charge in [-0.25, -0.2) is 0 Å². The average Bonchev–Trinajstić information content (AvgIpc) is 2.25. The zero-order valence-electron chi connectivity index (χ0n) is 9.88. The molecule has 7 N–H and O–H groups in total. The molecule has 1 fully saturated rings. The van der Waals surface area contributed by atoms with Gasteiger partial charge in [-0.05, 0) is 44.0 Å². The smallest absolute Gasteiger partial charge is 0.451 e. The molecule has 7 heteroatoms. The van der Waals surface area contributed by atoms with Crippen LogP contribution in [-0.2, 0) is 4.79 Å². The first kappa shape index (κ1) is 14.4. The molecule has 0 aromatic rings. The molecule has 0 amide bonds. The zero-order chi connectivity index (χ0) is 13.1. The minimum atomic E-state index is -1.34. The van der Waals surface area contributed by atoms with Gasteiger partial charge in [-0.2, -0.15) is 0 Å². The summed E-state index contributed by atoms with van der Waals surface area (Å²) >= 11 is 0. The summed E-state index contributed by atoms with van der Waals surface area (Å²) in [5.74, 6) is -0.795. The Balaban J connectivity index is 2.63. The highest BCUT2D eigenvalue weighted by Crippen LogP contribution is 2.37. The monoisotopic (exact) mass is 244 g/mol. The molecule has 17 heavy (non-hydrogen) atoms. The van der Waals surface area contributed by atoms with E-state index in [2.05, 4.69) is 0 Å². The van der Waals surface area contributed by atoms with Gasteiger partial charge in [-0.3, -0.25) is 4.79 Å². The lowest BCUT2D eigenvalue weighted by molar-refractivity contribution is -0.146. The van der Waals surface area contributed by atoms with Gasteiger partial charge in [-0.15, -0.1) is 0 Å². The number of carboxylic acids is 1. The lowest BCUT2D eigenvalue weighted by Gasteiger charge is -2.39. The molecule has 0 spiro atoms. The lowest BCUT2D eigenvalue weighted by Crippen LogP contribution is -2.54. The van der Waals surface area contributed by atoms with Crippen molar-refractivity contribution in [2.75, 3.05) is 6.54 Å². The van der Waals surface area contributed by atoms with Crippen molar-refractivity contribution >= 4 is 13.1 Å². The topological polar surface area (TPSA) is 130 Å². The predicted octanol–water partition coefficient (Wildman–Crippen LogP) is -0.994. The normalized spacial score (nSPS) is 33.4. The molecule has 2 unspecified atom stereocenters. The van der Waals surface area contributed by atoms with Crippen molar-refractivity contribution in [3.8, 4) is 0 Å². The SMILES string of the molecule is NC[C@@H]1CC(CCB(O)O)CC(N)(C(=O)O)C1. The molecule has 1 aliphatic carbocycles. The summed E-state index contributed by atoms with van der Waals surface area (Å²) in [6.07, 6.45) is 2.41. The van der Waals surface area contributed by atoms with E-state index in [1.165, 1.54) is 0 Å². The van der Waals surface area contributed by atoms with Gasteiger partial charge in [0.25, 0.3) is 0 Å². The van der Waals surface area contributed by atoms with Crippen molar-refractivity contribution < 1.29 is 19.9 Å². The number of hydrogen-bond acceptors (Lipinski definition) is 5. The third kappa shape index (κ3) is 3.95. The van der Waals surface area contributed by atoms with Crippen LogP contribution in [0.25, 0.3) is 0 Å². The molecular weight excluding hydrogens is 223 g/mol. The van der Waals surface area contributed by atoms with E-state index in [-0.39, 0.29) is 18.2 Å². The van der Waals surface area contributed by atoms with Gasteiger partial charge in [0.05, 0.1) is 0 Å². The second-order valence-electron chi connectivity index (χ2n) is 5.13. The highest BCUT2D eigenvalue weighted by atomic mass is 16.4. The number of carboxylic acid groups (broad SMARTS) is 1. The molecule has 3 atom stereocenters. The molecule has 98 valence electrons. The maximum atomic E-state index is 11.2. The Hall–Kier alpha value is -0.625. The van der Waals surface area contributed by atoms with Gasteiger partial charge in [0.1, 0.15) is 5.54 Å². The van der Waals surface area contributed by atoms with Crippen molar-refractivity contribution in [1.82, 2.24) is 0 Å². The van der Waals surface area contributed by atoms with E-state index in [9.17, 15) is 4.79 Å². The summed E-state index contributed by atoms with van der Waals surface area (Å²) in [6, 6.07) is 0. The van der Waals surface area contributed by atoms with Crippen molar-refractivity contribution in [2.24, 2.45) is 23.3 Å². The minimum absolute atomic E-state index is 0.0974. The Kier molecular flexibility index (Phi) is 4.94. The van der Waals surface area contributed by atoms with Crippen LogP contribution in [0.5, 0.6) is 0 Å². The summed E-state index contributed by atoms with van der Waals surface area (Å²) in [4.78, 5) is 11.2. The van der Waals surface area contributed by atoms with E-state index in [0.29, 0.717) is 25.8 Å². The summed E-state index contributed by atoms with van der Waals surface area (Å²) in [6.45, 7) is 0.421. The second-order valence-corrected chi connectivity index (χ2v) is 5.13. The molecule has 0 radical (unpaired) electrons. The van der Waals surface area contributed by atoms with Crippen molar-refractivity contribution in [3.63, 3.8) is 0 Å². The molecule has 1 rings (SSSR count). The number of rotatable bonds is 5. The predicted molar refractivity (Wildman–Crippen MR) is 64.1 cm³/mol. The molecule has 0 heterocycles. The first-order chi connectivity index (χ1) is 7.87. The first-order valence-electron chi connectivity index (χ1n) is 5.96. The maximum Gasteiger partial charge on any atom is 0.451 e. The van der Waals surface area contributed by atoms with Gasteiger partial charge in [0, 0.05) is 0 Å². The largest absolute Gasteiger partial charge is 0.480 e. The van der Waals surface area contributed by atoms with E-state index < -0.39 is 18.6 Å². The Morgan fingerprint density at radius 2 is 1.94 bits per heavy atom. The maximum absolute atomic E-state index is 11.2. The van der Waals surface area contributed by atoms with Gasteiger partial charge >= 0.3 is 13.1 Å². The van der Waals surface area contributed by atoms with Crippen LogP contribution in [0.4, 0.5) is 0 Å². The van der Waals surface area contributed by atoms with Gasteiger partial charge in [0.15, 0.2) is 0 Å². The molecule has 6 nitrogen and oxygen atoms in total. The summed E-state index contributed by atoms with van der Waals surface area (Å²) in [7, 11) is -1.34. The summed E-state index contributed by atoms with van der Waals surface area (Å²) in [5, 5.41) is 26.8. The summed E-state index contributed by atoms with van der Waals surface area (Å²) in [5.41, 5.74) is 10.3. The van der Waals surface area contributed by atoms with E-state index in [1.807, 2.05) is 0 Å². The molecule has 0 aromatic carbocycles. The fraction of sp³-hybridized carbons (Fsp3) is 0.900. The third-order valence-electron chi connectivity index (χ3n) is 3.56. The number of carbonyl (C=O) groups is 1. The fourth-order valence-corrected chi connectivity index (χ4v) is 2.71. The first-order valence-corrected chi connectivity index (χ1v) is 5.96. The fourth-order valence-electron chi connectivity index (χ4n) is 2.71. The second kappa shape index (κ2) is 5.81. The Labute approximate surface area is 101 Å². The van der Waals surface area contributed by atoms with Crippen LogP contribution in [0.1, 0.15) is 25.7 Å². The third-order valence-corrected chi connectivity index (χ3v) is 3.56. The van der Waals surface area contributed by atoms with Crippen molar-refractivity contribution in [2.45, 2.75) is 37.5 Å².